The normalized spacial score (nSPS) is 16.9. The third-order valence-corrected chi connectivity index (χ3v) is 7.85. The number of nitrogens with one attached hydrogen (secondary N) is 1. The number of hydrogen-bond acceptors (Lipinski definition) is 9. The van der Waals surface area contributed by atoms with Gasteiger partial charge < -0.3 is 19.5 Å². The van der Waals surface area contributed by atoms with Gasteiger partial charge in [-0.2, -0.15) is 5.10 Å². The molecule has 12 heteroatoms. The Balaban J connectivity index is 1.60. The van der Waals surface area contributed by atoms with Gasteiger partial charge in [0.05, 0.1) is 60.0 Å². The Morgan fingerprint density at radius 2 is 1.95 bits per heavy atom. The molecule has 1 saturated heterocycles. The van der Waals surface area contributed by atoms with E-state index in [9.17, 15) is 4.79 Å². The first-order chi connectivity index (χ1) is 19.8. The van der Waals surface area contributed by atoms with E-state index in [0.717, 1.165) is 17.4 Å². The maximum atomic E-state index is 12.1. The second-order valence-electron chi connectivity index (χ2n) is 9.82. The molecule has 0 saturated carbocycles. The van der Waals surface area contributed by atoms with Gasteiger partial charge in [-0.15, -0.1) is 0 Å². The summed E-state index contributed by atoms with van der Waals surface area (Å²) in [6, 6.07) is 3.35. The number of methoxy groups -OCH3 is 2. The smallest absolute Gasteiger partial charge is 0.223 e. The van der Waals surface area contributed by atoms with Crippen LogP contribution in [0, 0.1) is 5.92 Å². The van der Waals surface area contributed by atoms with Crippen LogP contribution in [0.5, 0.6) is 11.5 Å². The maximum Gasteiger partial charge on any atom is 0.223 e. The molecule has 0 bridgehead atoms. The molecule has 4 heterocycles. The van der Waals surface area contributed by atoms with Gasteiger partial charge in [0.15, 0.2) is 5.78 Å². The quantitative estimate of drug-likeness (QED) is 0.243. The number of benzene rings is 1. The number of pyridine rings is 1. The number of anilines is 1. The average molecular weight is 598 g/mol. The van der Waals surface area contributed by atoms with Crippen LogP contribution in [0.2, 0.25) is 10.0 Å². The van der Waals surface area contributed by atoms with Gasteiger partial charge in [-0.1, -0.05) is 29.8 Å². The van der Waals surface area contributed by atoms with Gasteiger partial charge in [0.25, 0.3) is 0 Å². The van der Waals surface area contributed by atoms with E-state index in [1.165, 1.54) is 20.3 Å². The van der Waals surface area contributed by atoms with E-state index in [1.807, 2.05) is 19.3 Å². The van der Waals surface area contributed by atoms with E-state index >= 15 is 0 Å². The Labute approximate surface area is 247 Å². The topological polar surface area (TPSA) is 113 Å². The molecule has 3 aromatic heterocycles. The van der Waals surface area contributed by atoms with Crippen LogP contribution < -0.4 is 14.8 Å². The first-order valence-electron chi connectivity index (χ1n) is 13.0. The minimum absolute atomic E-state index is 0.00473. The molecule has 0 unspecified atom stereocenters. The summed E-state index contributed by atoms with van der Waals surface area (Å²) in [5.41, 5.74) is 3.30. The van der Waals surface area contributed by atoms with Crippen molar-refractivity contribution < 1.29 is 19.0 Å². The second kappa shape index (κ2) is 12.4. The van der Waals surface area contributed by atoms with E-state index < -0.39 is 0 Å². The zero-order valence-electron chi connectivity index (χ0n) is 23.0. The van der Waals surface area contributed by atoms with Gasteiger partial charge in [-0.05, 0) is 30.0 Å². The van der Waals surface area contributed by atoms with E-state index in [4.69, 9.17) is 47.4 Å². The van der Waals surface area contributed by atoms with Crippen LogP contribution in [0.1, 0.15) is 24.1 Å². The van der Waals surface area contributed by atoms with Gasteiger partial charge >= 0.3 is 0 Å². The number of halogens is 2. The molecule has 2 atom stereocenters. The Hall–Kier alpha value is -3.73. The van der Waals surface area contributed by atoms with E-state index in [2.05, 4.69) is 22.0 Å². The first-order valence-corrected chi connectivity index (χ1v) is 13.8. The molecule has 4 aromatic rings. The number of fused-ring (bicyclic) bond motifs is 1. The highest BCUT2D eigenvalue weighted by Gasteiger charge is 2.28. The summed E-state index contributed by atoms with van der Waals surface area (Å²) in [5.74, 6) is 1.33. The predicted molar refractivity (Wildman–Crippen MR) is 158 cm³/mol. The number of ketones is 1. The lowest BCUT2D eigenvalue weighted by Gasteiger charge is -2.31. The van der Waals surface area contributed by atoms with Crippen molar-refractivity contribution in [1.82, 2.24) is 24.7 Å². The average Bonchev–Trinajstić information content (AvgIpc) is 3.38. The second-order valence-corrected chi connectivity index (χ2v) is 10.6. The maximum absolute atomic E-state index is 12.1. The van der Waals surface area contributed by atoms with Gasteiger partial charge in [0.1, 0.15) is 11.5 Å². The van der Waals surface area contributed by atoms with Crippen molar-refractivity contribution in [3.05, 3.63) is 64.7 Å². The number of nitrogens with zero attached hydrogens (tertiary/aromatic N) is 5. The summed E-state index contributed by atoms with van der Waals surface area (Å²) in [6.45, 7) is 4.66. The van der Waals surface area contributed by atoms with Crippen LogP contribution in [0.15, 0.2) is 43.4 Å². The molecule has 5 rings (SSSR count). The largest absolute Gasteiger partial charge is 0.495 e. The van der Waals surface area contributed by atoms with Crippen molar-refractivity contribution in [2.45, 2.75) is 25.3 Å². The lowest BCUT2D eigenvalue weighted by Crippen LogP contribution is -2.40. The molecule has 1 aliphatic heterocycles. The number of hydrogen-bond donors (Lipinski definition) is 1. The highest BCUT2D eigenvalue weighted by molar-refractivity contribution is 6.41. The van der Waals surface area contributed by atoms with Crippen molar-refractivity contribution in [3.63, 3.8) is 0 Å². The van der Waals surface area contributed by atoms with Crippen molar-refractivity contribution in [2.24, 2.45) is 13.0 Å². The van der Waals surface area contributed by atoms with E-state index in [0.29, 0.717) is 76.0 Å². The molecule has 1 N–H and O–H groups in total. The number of carbonyl (C=O) groups is 1. The number of rotatable bonds is 10. The Kier molecular flexibility index (Phi) is 8.72. The summed E-state index contributed by atoms with van der Waals surface area (Å²) in [6.07, 6.45) is 8.41. The SMILES string of the molecule is C=CC(=O)C[C@H]1CCOC[C@H]1Nc1ncc2cc(-c3c(Cl)c(OC)cc(OC)c3Cl)nc(Cc3cnn(C)c3)c2n1. The van der Waals surface area contributed by atoms with Gasteiger partial charge in [0, 0.05) is 55.9 Å². The Morgan fingerprint density at radius 1 is 1.20 bits per heavy atom. The fourth-order valence-electron chi connectivity index (χ4n) is 4.99. The molecule has 214 valence electrons. The molecule has 41 heavy (non-hydrogen) atoms. The van der Waals surface area contributed by atoms with Crippen LogP contribution >= 0.6 is 23.2 Å². The lowest BCUT2D eigenvalue weighted by atomic mass is 9.90. The molecular formula is C29H30Cl2N6O4. The molecular weight excluding hydrogens is 567 g/mol. The monoisotopic (exact) mass is 596 g/mol. The Morgan fingerprint density at radius 3 is 2.61 bits per heavy atom. The summed E-state index contributed by atoms with van der Waals surface area (Å²) >= 11 is 13.5. The number of carbonyl (C=O) groups excluding carboxylic acids is 1. The van der Waals surface area contributed by atoms with E-state index in [1.54, 1.807) is 23.1 Å². The first kappa shape index (κ1) is 28.8. The number of allylic oxidation sites excluding steroid dienone is 1. The van der Waals surface area contributed by atoms with Crippen molar-refractivity contribution >= 4 is 45.8 Å². The van der Waals surface area contributed by atoms with Crippen LogP contribution in [0.4, 0.5) is 5.95 Å². The molecule has 1 fully saturated rings. The van der Waals surface area contributed by atoms with Crippen molar-refractivity contribution in [1.29, 1.82) is 0 Å². The minimum Gasteiger partial charge on any atom is -0.495 e. The summed E-state index contributed by atoms with van der Waals surface area (Å²) in [5, 5.41) is 9.06. The molecule has 10 nitrogen and oxygen atoms in total. The number of ether oxygens (including phenoxy) is 3. The fraction of sp³-hybridized carbons (Fsp3) is 0.345. The van der Waals surface area contributed by atoms with Gasteiger partial charge in [-0.3, -0.25) is 14.5 Å². The fourth-order valence-corrected chi connectivity index (χ4v) is 5.68. The van der Waals surface area contributed by atoms with Crippen LogP contribution in [-0.4, -0.2) is 64.0 Å². The summed E-state index contributed by atoms with van der Waals surface area (Å²) < 4.78 is 18.4. The highest BCUT2D eigenvalue weighted by atomic mass is 35.5. The molecule has 1 aromatic carbocycles. The molecule has 0 spiro atoms. The third-order valence-electron chi connectivity index (χ3n) is 7.10. The number of aromatic nitrogens is 5. The molecule has 1 aliphatic rings. The summed E-state index contributed by atoms with van der Waals surface area (Å²) in [7, 11) is 4.91. The highest BCUT2D eigenvalue weighted by Crippen LogP contribution is 2.46. The summed E-state index contributed by atoms with van der Waals surface area (Å²) in [4.78, 5) is 26.5. The molecule has 0 aliphatic carbocycles. The lowest BCUT2D eigenvalue weighted by molar-refractivity contribution is -0.116. The van der Waals surface area contributed by atoms with E-state index in [-0.39, 0.29) is 17.7 Å². The Bertz CT molecular complexity index is 1580. The minimum atomic E-state index is -0.124. The van der Waals surface area contributed by atoms with Gasteiger partial charge in [0.2, 0.25) is 5.95 Å². The molecule has 0 radical (unpaired) electrons. The standard InChI is InChI=1S/C29H30Cl2N6O4/c1-5-19(38)9-17-6-7-41-15-22(17)35-29-32-13-18-10-20(25-26(30)23(39-3)11-24(40-4)27(25)31)34-21(28(18)36-29)8-16-12-33-37(2)14-16/h5,10-14,17,22H,1,6-9,15H2,2-4H3,(H,32,35,36)/t17-,22-/m1/s1. The number of aryl methyl sites for hydroxylation is 1. The third kappa shape index (κ3) is 6.14. The predicted octanol–water partition coefficient (Wildman–Crippen LogP) is 5.30. The van der Waals surface area contributed by atoms with Crippen LogP contribution in [-0.2, 0) is 23.0 Å². The zero-order valence-corrected chi connectivity index (χ0v) is 24.5. The zero-order chi connectivity index (χ0) is 29.1. The van der Waals surface area contributed by atoms with Crippen LogP contribution in [0.25, 0.3) is 22.2 Å². The van der Waals surface area contributed by atoms with Gasteiger partial charge in [-0.25, -0.2) is 9.97 Å². The molecule has 0 amide bonds. The van der Waals surface area contributed by atoms with Crippen molar-refractivity contribution in [3.8, 4) is 22.8 Å². The van der Waals surface area contributed by atoms with Crippen molar-refractivity contribution in [2.75, 3.05) is 32.8 Å². The van der Waals surface area contributed by atoms with Crippen LogP contribution in [0.3, 0.4) is 0 Å².